The lowest BCUT2D eigenvalue weighted by Gasteiger charge is -2.08. The van der Waals surface area contributed by atoms with Gasteiger partial charge in [-0.15, -0.1) is 0 Å². The smallest absolute Gasteiger partial charge is 0.295 e. The van der Waals surface area contributed by atoms with E-state index in [1.165, 1.54) is 6.07 Å². The molecule has 0 fully saturated rings. The van der Waals surface area contributed by atoms with Gasteiger partial charge in [0.2, 0.25) is 0 Å². The van der Waals surface area contributed by atoms with E-state index in [4.69, 9.17) is 4.55 Å². The normalized spacial score (nSPS) is 11.9. The first kappa shape index (κ1) is 12.0. The molecule has 0 aliphatic rings. The number of fused-ring (bicyclic) bond motifs is 1. The predicted molar refractivity (Wildman–Crippen MR) is 66.5 cm³/mol. The lowest BCUT2D eigenvalue weighted by atomic mass is 10.0. The molecule has 2 aromatic rings. The van der Waals surface area contributed by atoms with Crippen LogP contribution in [0.15, 0.2) is 41.3 Å². The minimum atomic E-state index is -4.18. The number of rotatable bonds is 3. The monoisotopic (exact) mass is 251 g/mol. The zero-order valence-corrected chi connectivity index (χ0v) is 10.2. The number of nitrogens with one attached hydrogen (secondary N) is 1. The summed E-state index contributed by atoms with van der Waals surface area (Å²) in [5.41, 5.74) is 0.996. The summed E-state index contributed by atoms with van der Waals surface area (Å²) in [6, 6.07) is 10.3. The van der Waals surface area contributed by atoms with Crippen LogP contribution in [-0.4, -0.2) is 20.0 Å². The molecular formula is C12H13NO3S. The molecule has 5 heteroatoms. The highest BCUT2D eigenvalue weighted by atomic mass is 32.2. The third-order valence-electron chi connectivity index (χ3n) is 2.62. The van der Waals surface area contributed by atoms with Gasteiger partial charge >= 0.3 is 0 Å². The summed E-state index contributed by atoms with van der Waals surface area (Å²) < 4.78 is 31.7. The molecule has 0 saturated carbocycles. The zero-order valence-electron chi connectivity index (χ0n) is 9.34. The van der Waals surface area contributed by atoms with Crippen molar-refractivity contribution < 1.29 is 13.0 Å². The van der Waals surface area contributed by atoms with Crippen LogP contribution in [0.25, 0.3) is 10.8 Å². The zero-order chi connectivity index (χ0) is 12.5. The van der Waals surface area contributed by atoms with Crippen molar-refractivity contribution >= 4 is 20.9 Å². The van der Waals surface area contributed by atoms with Crippen LogP contribution in [0.1, 0.15) is 5.56 Å². The molecule has 0 heterocycles. The predicted octanol–water partition coefficient (Wildman–Crippen LogP) is 1.81. The maximum absolute atomic E-state index is 11.3. The topological polar surface area (TPSA) is 66.4 Å². The maximum Gasteiger partial charge on any atom is 0.295 e. The molecule has 2 N–H and O–H groups in total. The molecule has 4 nitrogen and oxygen atoms in total. The SMILES string of the molecule is CNCc1cccc2c(S(=O)(=O)O)cccc12. The highest BCUT2D eigenvalue weighted by Gasteiger charge is 2.14. The van der Waals surface area contributed by atoms with Crippen molar-refractivity contribution in [3.8, 4) is 0 Å². The maximum atomic E-state index is 11.3. The Morgan fingerprint density at radius 1 is 1.12 bits per heavy atom. The largest absolute Gasteiger partial charge is 0.316 e. The Morgan fingerprint density at radius 3 is 2.41 bits per heavy atom. The molecule has 0 radical (unpaired) electrons. The fourth-order valence-corrected chi connectivity index (χ4v) is 2.62. The van der Waals surface area contributed by atoms with Crippen LogP contribution in [0.3, 0.4) is 0 Å². The Morgan fingerprint density at radius 2 is 1.76 bits per heavy atom. The van der Waals surface area contributed by atoms with Crippen LogP contribution in [-0.2, 0) is 16.7 Å². The van der Waals surface area contributed by atoms with Crippen molar-refractivity contribution in [3.05, 3.63) is 42.0 Å². The number of hydrogen-bond acceptors (Lipinski definition) is 3. The second kappa shape index (κ2) is 4.44. The molecule has 2 rings (SSSR count). The molecule has 0 atom stereocenters. The molecule has 0 saturated heterocycles. The van der Waals surface area contributed by atoms with E-state index in [2.05, 4.69) is 5.32 Å². The quantitative estimate of drug-likeness (QED) is 0.816. The van der Waals surface area contributed by atoms with Crippen LogP contribution in [0.5, 0.6) is 0 Å². The lowest BCUT2D eigenvalue weighted by Crippen LogP contribution is -2.06. The Bertz CT molecular complexity index is 650. The van der Waals surface area contributed by atoms with Crippen LogP contribution in [0.2, 0.25) is 0 Å². The molecule has 0 aliphatic heterocycles. The summed E-state index contributed by atoms with van der Waals surface area (Å²) in [4.78, 5) is -0.0482. The number of hydrogen-bond donors (Lipinski definition) is 2. The van der Waals surface area contributed by atoms with E-state index >= 15 is 0 Å². The van der Waals surface area contributed by atoms with Gasteiger partial charge in [0.25, 0.3) is 10.1 Å². The minimum Gasteiger partial charge on any atom is -0.316 e. The van der Waals surface area contributed by atoms with Gasteiger partial charge in [0.15, 0.2) is 0 Å². The molecule has 0 spiro atoms. The van der Waals surface area contributed by atoms with E-state index < -0.39 is 10.1 Å². The van der Waals surface area contributed by atoms with E-state index in [9.17, 15) is 8.42 Å². The molecule has 0 unspecified atom stereocenters. The third kappa shape index (κ3) is 2.31. The van der Waals surface area contributed by atoms with Crippen LogP contribution in [0.4, 0.5) is 0 Å². The average Bonchev–Trinajstić information content (AvgIpc) is 2.28. The van der Waals surface area contributed by atoms with Gasteiger partial charge in [-0.25, -0.2) is 0 Å². The molecule has 17 heavy (non-hydrogen) atoms. The molecule has 0 bridgehead atoms. The first-order valence-corrected chi connectivity index (χ1v) is 6.61. The average molecular weight is 251 g/mol. The van der Waals surface area contributed by atoms with Gasteiger partial charge in [-0.2, -0.15) is 8.42 Å². The van der Waals surface area contributed by atoms with Crippen molar-refractivity contribution in [1.29, 1.82) is 0 Å². The molecule has 0 aliphatic carbocycles. The lowest BCUT2D eigenvalue weighted by molar-refractivity contribution is 0.484. The first-order chi connectivity index (χ1) is 8.04. The van der Waals surface area contributed by atoms with Gasteiger partial charge in [-0.3, -0.25) is 4.55 Å². The van der Waals surface area contributed by atoms with Crippen molar-refractivity contribution in [2.24, 2.45) is 0 Å². The summed E-state index contributed by atoms with van der Waals surface area (Å²) in [6.45, 7) is 0.645. The Labute approximate surface area is 100 Å². The fraction of sp³-hybridized carbons (Fsp3) is 0.167. The first-order valence-electron chi connectivity index (χ1n) is 5.17. The van der Waals surface area contributed by atoms with Gasteiger partial charge in [-0.1, -0.05) is 30.3 Å². The van der Waals surface area contributed by atoms with Crippen molar-refractivity contribution in [3.63, 3.8) is 0 Å². The Hall–Kier alpha value is -1.43. The molecular weight excluding hydrogens is 238 g/mol. The Kier molecular flexibility index (Phi) is 3.15. The van der Waals surface area contributed by atoms with Crippen LogP contribution >= 0.6 is 0 Å². The molecule has 2 aromatic carbocycles. The third-order valence-corrected chi connectivity index (χ3v) is 3.53. The van der Waals surface area contributed by atoms with Gasteiger partial charge in [0, 0.05) is 11.9 Å². The van der Waals surface area contributed by atoms with E-state index in [1.807, 2.05) is 19.2 Å². The van der Waals surface area contributed by atoms with E-state index in [1.54, 1.807) is 18.2 Å². The second-order valence-electron chi connectivity index (χ2n) is 3.77. The summed E-state index contributed by atoms with van der Waals surface area (Å²) in [5.74, 6) is 0. The summed E-state index contributed by atoms with van der Waals surface area (Å²) in [6.07, 6.45) is 0. The van der Waals surface area contributed by atoms with Crippen molar-refractivity contribution in [1.82, 2.24) is 5.32 Å². The van der Waals surface area contributed by atoms with Crippen molar-refractivity contribution in [2.75, 3.05) is 7.05 Å². The molecule has 0 aromatic heterocycles. The van der Waals surface area contributed by atoms with E-state index in [0.717, 1.165) is 10.9 Å². The van der Waals surface area contributed by atoms with Gasteiger partial charge < -0.3 is 5.32 Å². The minimum absolute atomic E-state index is 0.0482. The number of benzene rings is 2. The van der Waals surface area contributed by atoms with Crippen molar-refractivity contribution in [2.45, 2.75) is 11.4 Å². The highest BCUT2D eigenvalue weighted by molar-refractivity contribution is 7.86. The molecule has 90 valence electrons. The summed E-state index contributed by atoms with van der Waals surface area (Å²) in [5, 5.41) is 4.40. The summed E-state index contributed by atoms with van der Waals surface area (Å²) >= 11 is 0. The van der Waals surface area contributed by atoms with Crippen LogP contribution < -0.4 is 5.32 Å². The fourth-order valence-electron chi connectivity index (χ4n) is 1.92. The van der Waals surface area contributed by atoms with E-state index in [0.29, 0.717) is 11.9 Å². The second-order valence-corrected chi connectivity index (χ2v) is 5.16. The van der Waals surface area contributed by atoms with E-state index in [-0.39, 0.29) is 4.90 Å². The molecule has 0 amide bonds. The van der Waals surface area contributed by atoms with Gasteiger partial charge in [-0.05, 0) is 24.1 Å². The Balaban J connectivity index is 2.79. The highest BCUT2D eigenvalue weighted by Crippen LogP contribution is 2.25. The van der Waals surface area contributed by atoms with Gasteiger partial charge in [0.05, 0.1) is 0 Å². The van der Waals surface area contributed by atoms with Crippen LogP contribution in [0, 0.1) is 0 Å². The van der Waals surface area contributed by atoms with Gasteiger partial charge in [0.1, 0.15) is 4.90 Å². The summed E-state index contributed by atoms with van der Waals surface area (Å²) in [7, 11) is -2.36. The standard InChI is InChI=1S/C12H13NO3S/c1-13-8-9-4-2-6-11-10(9)5-3-7-12(11)17(14,15)16/h2-7,13H,8H2,1H3,(H,14,15,16).